The van der Waals surface area contributed by atoms with E-state index in [1.165, 1.54) is 6.07 Å². The molecule has 1 fully saturated rings. The number of hydrogen-bond donors (Lipinski definition) is 1. The lowest BCUT2D eigenvalue weighted by Gasteiger charge is -2.42. The molecule has 0 radical (unpaired) electrons. The number of piperazine rings is 1. The summed E-state index contributed by atoms with van der Waals surface area (Å²) in [4.78, 5) is 2.10. The average molecular weight is 371 g/mol. The summed E-state index contributed by atoms with van der Waals surface area (Å²) in [5, 5.41) is 3.22. The third-order valence-electron chi connectivity index (χ3n) is 3.83. The molecular weight excluding hydrogens is 348 g/mol. The maximum Gasteiger partial charge on any atom is 0.573 e. The summed E-state index contributed by atoms with van der Waals surface area (Å²) in [6.45, 7) is 8.83. The second-order valence-corrected chi connectivity index (χ2v) is 6.79. The van der Waals surface area contributed by atoms with E-state index in [4.69, 9.17) is 0 Å². The molecule has 0 aliphatic carbocycles. The van der Waals surface area contributed by atoms with E-state index in [2.05, 4.69) is 15.0 Å². The second kappa shape index (κ2) is 7.89. The monoisotopic (exact) mass is 370 g/mol. The number of halogens is 5. The maximum atomic E-state index is 14.4. The van der Waals surface area contributed by atoms with Crippen molar-refractivity contribution in [1.29, 1.82) is 0 Å². The second-order valence-electron chi connectivity index (χ2n) is 6.79. The van der Waals surface area contributed by atoms with Crippen LogP contribution in [0.15, 0.2) is 18.2 Å². The fourth-order valence-corrected chi connectivity index (χ4v) is 3.08. The Bertz CT molecular complexity index is 540. The summed E-state index contributed by atoms with van der Waals surface area (Å²) in [6, 6.07) is 2.88. The Labute approximate surface area is 145 Å². The SMILES string of the molecule is CC(C)(C)[C@@H](c1cc(OC(F)(F)F)ccc1F)N1CCNCC1.Cl. The zero-order valence-corrected chi connectivity index (χ0v) is 14.7. The predicted molar refractivity (Wildman–Crippen MR) is 87.0 cm³/mol. The standard InChI is InChI=1S/C16H22F4N2O.ClH/c1-15(2,3)14(22-8-6-21-7-9-22)12-10-11(4-5-13(12)17)23-16(18,19)20;/h4-5,10,14,21H,6-9H2,1-3H3;1H/t14-;/m1./s1. The van der Waals surface area contributed by atoms with E-state index < -0.39 is 17.9 Å². The molecule has 1 aliphatic rings. The van der Waals surface area contributed by atoms with Gasteiger partial charge in [0.2, 0.25) is 0 Å². The Balaban J connectivity index is 0.00000288. The summed E-state index contributed by atoms with van der Waals surface area (Å²) in [6.07, 6.45) is -4.79. The van der Waals surface area contributed by atoms with Crippen LogP contribution in [-0.4, -0.2) is 37.4 Å². The highest BCUT2D eigenvalue weighted by atomic mass is 35.5. The van der Waals surface area contributed by atoms with Gasteiger partial charge in [0.1, 0.15) is 11.6 Å². The number of ether oxygens (including phenoxy) is 1. The van der Waals surface area contributed by atoms with E-state index in [9.17, 15) is 17.6 Å². The molecule has 138 valence electrons. The third kappa shape index (κ3) is 5.50. The van der Waals surface area contributed by atoms with E-state index in [0.717, 1.165) is 25.2 Å². The van der Waals surface area contributed by atoms with Crippen LogP contribution in [0.5, 0.6) is 5.75 Å². The lowest BCUT2D eigenvalue weighted by molar-refractivity contribution is -0.274. The molecule has 0 aromatic heterocycles. The molecule has 1 N–H and O–H groups in total. The number of rotatable bonds is 3. The van der Waals surface area contributed by atoms with Crippen molar-refractivity contribution < 1.29 is 22.3 Å². The van der Waals surface area contributed by atoms with Crippen molar-refractivity contribution in [3.8, 4) is 5.75 Å². The first kappa shape index (κ1) is 21.0. The van der Waals surface area contributed by atoms with Crippen molar-refractivity contribution in [1.82, 2.24) is 10.2 Å². The highest BCUT2D eigenvalue weighted by Gasteiger charge is 2.36. The summed E-state index contributed by atoms with van der Waals surface area (Å²) in [7, 11) is 0. The van der Waals surface area contributed by atoms with Crippen molar-refractivity contribution in [2.75, 3.05) is 26.2 Å². The molecule has 0 unspecified atom stereocenters. The summed E-state index contributed by atoms with van der Waals surface area (Å²) in [5.74, 6) is -0.906. The number of hydrogen-bond acceptors (Lipinski definition) is 3. The first-order chi connectivity index (χ1) is 10.6. The van der Waals surface area contributed by atoms with E-state index in [1.807, 2.05) is 20.8 Å². The average Bonchev–Trinajstić information content (AvgIpc) is 2.41. The fraction of sp³-hybridized carbons (Fsp3) is 0.625. The first-order valence-electron chi connectivity index (χ1n) is 7.58. The smallest absolute Gasteiger partial charge is 0.406 e. The summed E-state index contributed by atoms with van der Waals surface area (Å²) < 4.78 is 55.6. The van der Waals surface area contributed by atoms with Crippen molar-refractivity contribution in [3.63, 3.8) is 0 Å². The van der Waals surface area contributed by atoms with E-state index >= 15 is 0 Å². The molecule has 0 spiro atoms. The molecular formula is C16H23ClF4N2O. The van der Waals surface area contributed by atoms with Crippen LogP contribution in [-0.2, 0) is 0 Å². The number of benzene rings is 1. The Kier molecular flexibility index (Phi) is 6.90. The maximum absolute atomic E-state index is 14.4. The molecule has 1 saturated heterocycles. The van der Waals surface area contributed by atoms with Gasteiger partial charge in [-0.15, -0.1) is 25.6 Å². The van der Waals surface area contributed by atoms with Crippen LogP contribution in [0, 0.1) is 11.2 Å². The molecule has 0 amide bonds. The number of nitrogens with zero attached hydrogens (tertiary/aromatic N) is 1. The summed E-state index contributed by atoms with van der Waals surface area (Å²) >= 11 is 0. The molecule has 2 rings (SSSR count). The van der Waals surface area contributed by atoms with Gasteiger partial charge in [0, 0.05) is 37.8 Å². The lowest BCUT2D eigenvalue weighted by Crippen LogP contribution is -2.48. The molecule has 24 heavy (non-hydrogen) atoms. The summed E-state index contributed by atoms with van der Waals surface area (Å²) in [5.41, 5.74) is -0.101. The van der Waals surface area contributed by atoms with Crippen LogP contribution in [0.1, 0.15) is 32.4 Å². The van der Waals surface area contributed by atoms with Crippen LogP contribution >= 0.6 is 12.4 Å². The quantitative estimate of drug-likeness (QED) is 0.809. The normalized spacial score (nSPS) is 18.0. The molecule has 1 aromatic carbocycles. The van der Waals surface area contributed by atoms with Gasteiger partial charge < -0.3 is 10.1 Å². The van der Waals surface area contributed by atoms with Crippen molar-refractivity contribution in [3.05, 3.63) is 29.6 Å². The molecule has 0 bridgehead atoms. The lowest BCUT2D eigenvalue weighted by atomic mass is 9.80. The zero-order valence-electron chi connectivity index (χ0n) is 13.9. The zero-order chi connectivity index (χ0) is 17.3. The Hall–Kier alpha value is -1.05. The van der Waals surface area contributed by atoms with Crippen LogP contribution < -0.4 is 10.1 Å². The van der Waals surface area contributed by atoms with E-state index in [0.29, 0.717) is 13.1 Å². The minimum absolute atomic E-state index is 0. The largest absolute Gasteiger partial charge is 0.573 e. The van der Waals surface area contributed by atoms with Gasteiger partial charge in [0.25, 0.3) is 0 Å². The highest BCUT2D eigenvalue weighted by molar-refractivity contribution is 5.85. The van der Waals surface area contributed by atoms with Gasteiger partial charge in [-0.3, -0.25) is 4.90 Å². The predicted octanol–water partition coefficient (Wildman–Crippen LogP) is 4.14. The van der Waals surface area contributed by atoms with Gasteiger partial charge in [-0.05, 0) is 23.6 Å². The van der Waals surface area contributed by atoms with Gasteiger partial charge in [0.15, 0.2) is 0 Å². The van der Waals surface area contributed by atoms with Crippen LogP contribution in [0.4, 0.5) is 17.6 Å². The van der Waals surface area contributed by atoms with Crippen molar-refractivity contribution >= 4 is 12.4 Å². The number of alkyl halides is 3. The van der Waals surface area contributed by atoms with Gasteiger partial charge in [-0.2, -0.15) is 0 Å². The molecule has 8 heteroatoms. The number of nitrogens with one attached hydrogen (secondary N) is 1. The highest BCUT2D eigenvalue weighted by Crippen LogP contribution is 2.40. The van der Waals surface area contributed by atoms with Crippen LogP contribution in [0.25, 0.3) is 0 Å². The van der Waals surface area contributed by atoms with Crippen LogP contribution in [0.3, 0.4) is 0 Å². The van der Waals surface area contributed by atoms with Crippen molar-refractivity contribution in [2.45, 2.75) is 33.2 Å². The molecule has 3 nitrogen and oxygen atoms in total. The van der Waals surface area contributed by atoms with Gasteiger partial charge in [-0.1, -0.05) is 20.8 Å². The first-order valence-corrected chi connectivity index (χ1v) is 7.58. The minimum atomic E-state index is -4.79. The Morgan fingerprint density at radius 2 is 1.71 bits per heavy atom. The third-order valence-corrected chi connectivity index (χ3v) is 3.83. The molecule has 1 atom stereocenters. The van der Waals surface area contributed by atoms with Crippen LogP contribution in [0.2, 0.25) is 0 Å². The molecule has 0 saturated carbocycles. The molecule has 1 aromatic rings. The molecule has 1 aliphatic heterocycles. The van der Waals surface area contributed by atoms with Gasteiger partial charge in [0.05, 0.1) is 0 Å². The topological polar surface area (TPSA) is 24.5 Å². The van der Waals surface area contributed by atoms with E-state index in [-0.39, 0.29) is 29.4 Å². The van der Waals surface area contributed by atoms with E-state index in [1.54, 1.807) is 0 Å². The minimum Gasteiger partial charge on any atom is -0.406 e. The molecule has 1 heterocycles. The Morgan fingerprint density at radius 1 is 1.12 bits per heavy atom. The fourth-order valence-electron chi connectivity index (χ4n) is 3.08. The van der Waals surface area contributed by atoms with Gasteiger partial charge >= 0.3 is 6.36 Å². The van der Waals surface area contributed by atoms with Gasteiger partial charge in [-0.25, -0.2) is 4.39 Å². The Morgan fingerprint density at radius 3 is 2.21 bits per heavy atom. The van der Waals surface area contributed by atoms with Crippen molar-refractivity contribution in [2.24, 2.45) is 5.41 Å².